The minimum Gasteiger partial charge on any atom is -0.348 e. The molecule has 2 N–H and O–H groups in total. The molecule has 0 saturated heterocycles. The van der Waals surface area contributed by atoms with E-state index in [1.807, 2.05) is 30.3 Å². The van der Waals surface area contributed by atoms with E-state index in [1.165, 1.54) is 0 Å². The smallest absolute Gasteiger partial charge is 0.255 e. The Morgan fingerprint density at radius 3 is 2.13 bits per heavy atom. The van der Waals surface area contributed by atoms with E-state index in [-0.39, 0.29) is 28.2 Å². The second-order valence-electron chi connectivity index (χ2n) is 8.71. The summed E-state index contributed by atoms with van der Waals surface area (Å²) in [7, 11) is -3.69. The molecule has 0 atom stereocenters. The lowest BCUT2D eigenvalue weighted by molar-refractivity contribution is 0.0951. The van der Waals surface area contributed by atoms with Crippen molar-refractivity contribution in [3.8, 4) is 0 Å². The Labute approximate surface area is 237 Å². The summed E-state index contributed by atoms with van der Waals surface area (Å²) in [5, 5.41) is 6.03. The zero-order valence-corrected chi connectivity index (χ0v) is 23.2. The van der Waals surface area contributed by atoms with Crippen molar-refractivity contribution < 1.29 is 18.0 Å². The Balaban J connectivity index is 1.47. The summed E-state index contributed by atoms with van der Waals surface area (Å²) in [6, 6.07) is 27.5. The first-order chi connectivity index (χ1) is 18.6. The monoisotopic (exact) mass is 581 g/mol. The minimum atomic E-state index is -3.69. The van der Waals surface area contributed by atoms with E-state index < -0.39 is 15.9 Å². The Morgan fingerprint density at radius 1 is 0.769 bits per heavy atom. The first-order valence-corrected chi connectivity index (χ1v) is 14.5. The van der Waals surface area contributed by atoms with Crippen molar-refractivity contribution in [2.75, 3.05) is 15.9 Å². The molecule has 0 saturated carbocycles. The van der Waals surface area contributed by atoms with Crippen LogP contribution in [0.25, 0.3) is 0 Å². The van der Waals surface area contributed by atoms with E-state index in [9.17, 15) is 18.0 Å². The third kappa shape index (κ3) is 7.17. The SMILES string of the molecule is CS(=O)(=O)N(Cc1ccc(C(=O)Nc2ccccc2C(=O)NCc2ccccc2)cc1)c1cccc(Cl)c1Cl. The van der Waals surface area contributed by atoms with Crippen LogP contribution in [0.2, 0.25) is 10.0 Å². The number of hydrogen-bond acceptors (Lipinski definition) is 4. The molecule has 7 nitrogen and oxygen atoms in total. The number of sulfonamides is 1. The van der Waals surface area contributed by atoms with Gasteiger partial charge in [0, 0.05) is 12.1 Å². The molecule has 0 heterocycles. The number of halogens is 2. The number of amides is 2. The van der Waals surface area contributed by atoms with Gasteiger partial charge in [0.05, 0.1) is 39.8 Å². The normalized spacial score (nSPS) is 11.1. The highest BCUT2D eigenvalue weighted by molar-refractivity contribution is 7.92. The van der Waals surface area contributed by atoms with Crippen LogP contribution in [-0.2, 0) is 23.1 Å². The van der Waals surface area contributed by atoms with E-state index in [1.54, 1.807) is 66.7 Å². The van der Waals surface area contributed by atoms with Gasteiger partial charge in [-0.1, -0.05) is 83.9 Å². The molecule has 0 aliphatic rings. The summed E-state index contributed by atoms with van der Waals surface area (Å²) in [6.45, 7) is 0.347. The Kier molecular flexibility index (Phi) is 8.91. The minimum absolute atomic E-state index is 0.00872. The molecule has 4 aromatic carbocycles. The van der Waals surface area contributed by atoms with Crippen LogP contribution in [0.15, 0.2) is 97.1 Å². The summed E-state index contributed by atoms with van der Waals surface area (Å²) in [4.78, 5) is 25.8. The number of nitrogens with one attached hydrogen (secondary N) is 2. The largest absolute Gasteiger partial charge is 0.348 e. The molecule has 0 fully saturated rings. The van der Waals surface area contributed by atoms with Crippen molar-refractivity contribution in [2.24, 2.45) is 0 Å². The summed E-state index contributed by atoms with van der Waals surface area (Å²) in [5.41, 5.74) is 2.89. The number of benzene rings is 4. The van der Waals surface area contributed by atoms with Crippen LogP contribution >= 0.6 is 23.2 Å². The third-order valence-electron chi connectivity index (χ3n) is 5.86. The molecule has 0 bridgehead atoms. The number of hydrogen-bond donors (Lipinski definition) is 2. The molecule has 4 rings (SSSR count). The van der Waals surface area contributed by atoms with Crippen LogP contribution in [0.4, 0.5) is 11.4 Å². The molecule has 200 valence electrons. The van der Waals surface area contributed by atoms with E-state index in [2.05, 4.69) is 10.6 Å². The van der Waals surface area contributed by atoms with Gasteiger partial charge in [0.15, 0.2) is 0 Å². The van der Waals surface area contributed by atoms with Gasteiger partial charge in [0.25, 0.3) is 11.8 Å². The molecule has 39 heavy (non-hydrogen) atoms. The molecule has 0 radical (unpaired) electrons. The van der Waals surface area contributed by atoms with Crippen molar-refractivity contribution in [1.29, 1.82) is 0 Å². The fourth-order valence-electron chi connectivity index (χ4n) is 3.85. The highest BCUT2D eigenvalue weighted by Gasteiger charge is 2.22. The van der Waals surface area contributed by atoms with Gasteiger partial charge >= 0.3 is 0 Å². The quantitative estimate of drug-likeness (QED) is 0.248. The number of carbonyl (C=O) groups excluding carboxylic acids is 2. The fourth-order valence-corrected chi connectivity index (χ4v) is 5.19. The number of carbonyl (C=O) groups is 2. The van der Waals surface area contributed by atoms with Crippen LogP contribution in [0.5, 0.6) is 0 Å². The molecule has 0 aliphatic heterocycles. The van der Waals surface area contributed by atoms with Gasteiger partial charge < -0.3 is 10.6 Å². The summed E-state index contributed by atoms with van der Waals surface area (Å²) in [6.07, 6.45) is 1.08. The van der Waals surface area contributed by atoms with Gasteiger partial charge in [-0.05, 0) is 47.5 Å². The van der Waals surface area contributed by atoms with E-state index in [4.69, 9.17) is 23.2 Å². The maximum atomic E-state index is 13.0. The van der Waals surface area contributed by atoms with Gasteiger partial charge in [0.1, 0.15) is 0 Å². The number of rotatable bonds is 9. The Morgan fingerprint density at radius 2 is 1.44 bits per heavy atom. The van der Waals surface area contributed by atoms with Gasteiger partial charge in [-0.25, -0.2) is 8.42 Å². The second kappa shape index (κ2) is 12.3. The standard InChI is InChI=1S/C29H25Cl2N3O4S/c1-39(37,38)34(26-13-7-11-24(30)27(26)31)19-21-14-16-22(17-15-21)28(35)33-25-12-6-5-10-23(25)29(36)32-18-20-8-3-2-4-9-20/h2-17H,18-19H2,1H3,(H,32,36)(H,33,35). The van der Waals surface area contributed by atoms with Crippen molar-refractivity contribution in [2.45, 2.75) is 13.1 Å². The van der Waals surface area contributed by atoms with Gasteiger partial charge in [-0.3, -0.25) is 13.9 Å². The van der Waals surface area contributed by atoms with Crippen molar-refractivity contribution in [1.82, 2.24) is 5.32 Å². The fraction of sp³-hybridized carbons (Fsp3) is 0.103. The topological polar surface area (TPSA) is 95.6 Å². The highest BCUT2D eigenvalue weighted by Crippen LogP contribution is 2.34. The molecule has 2 amide bonds. The van der Waals surface area contributed by atoms with Gasteiger partial charge in [-0.2, -0.15) is 0 Å². The zero-order valence-electron chi connectivity index (χ0n) is 20.9. The van der Waals surface area contributed by atoms with Gasteiger partial charge in [0.2, 0.25) is 10.0 Å². The molecular weight excluding hydrogens is 557 g/mol. The van der Waals surface area contributed by atoms with E-state index in [0.29, 0.717) is 28.9 Å². The predicted molar refractivity (Wildman–Crippen MR) is 156 cm³/mol. The maximum Gasteiger partial charge on any atom is 0.255 e. The van der Waals surface area contributed by atoms with Crippen LogP contribution in [0.3, 0.4) is 0 Å². The molecule has 4 aromatic rings. The van der Waals surface area contributed by atoms with Crippen molar-refractivity contribution >= 4 is 56.4 Å². The molecule has 0 aromatic heterocycles. The van der Waals surface area contributed by atoms with Crippen LogP contribution in [0.1, 0.15) is 31.8 Å². The van der Waals surface area contributed by atoms with Gasteiger partial charge in [-0.15, -0.1) is 0 Å². The first-order valence-electron chi connectivity index (χ1n) is 11.9. The lowest BCUT2D eigenvalue weighted by Crippen LogP contribution is -2.29. The number of nitrogens with zero attached hydrogens (tertiary/aromatic N) is 1. The Bertz CT molecular complexity index is 1590. The van der Waals surface area contributed by atoms with Crippen molar-refractivity contribution in [3.63, 3.8) is 0 Å². The molecular formula is C29H25Cl2N3O4S. The molecule has 0 aliphatic carbocycles. The first kappa shape index (κ1) is 28.2. The third-order valence-corrected chi connectivity index (χ3v) is 7.79. The number of para-hydroxylation sites is 1. The Hall–Kier alpha value is -3.85. The molecule has 10 heteroatoms. The average Bonchev–Trinajstić information content (AvgIpc) is 2.93. The molecule has 0 spiro atoms. The summed E-state index contributed by atoms with van der Waals surface area (Å²) in [5.74, 6) is -0.728. The summed E-state index contributed by atoms with van der Waals surface area (Å²) >= 11 is 12.4. The lowest BCUT2D eigenvalue weighted by atomic mass is 10.1. The van der Waals surface area contributed by atoms with Crippen LogP contribution < -0.4 is 14.9 Å². The van der Waals surface area contributed by atoms with Crippen LogP contribution in [-0.4, -0.2) is 26.5 Å². The van der Waals surface area contributed by atoms with E-state index >= 15 is 0 Å². The maximum absolute atomic E-state index is 13.0. The van der Waals surface area contributed by atoms with E-state index in [0.717, 1.165) is 16.1 Å². The lowest BCUT2D eigenvalue weighted by Gasteiger charge is -2.24. The molecule has 0 unspecified atom stereocenters. The second-order valence-corrected chi connectivity index (χ2v) is 11.4. The van der Waals surface area contributed by atoms with Crippen LogP contribution in [0, 0.1) is 0 Å². The highest BCUT2D eigenvalue weighted by atomic mass is 35.5. The number of anilines is 2. The summed E-state index contributed by atoms with van der Waals surface area (Å²) < 4.78 is 26.2. The van der Waals surface area contributed by atoms with Crippen molar-refractivity contribution in [3.05, 3.63) is 129 Å². The average molecular weight is 583 g/mol. The predicted octanol–water partition coefficient (Wildman–Crippen LogP) is 6.14. The zero-order chi connectivity index (χ0) is 28.0.